The molecule has 0 spiro atoms. The molecular formula is C19H17IN2. The number of hydrogen-bond donors (Lipinski definition) is 1. The lowest BCUT2D eigenvalue weighted by molar-refractivity contribution is -0.695. The number of H-pyrrole nitrogens is 1. The molecule has 0 aliphatic heterocycles. The third-order valence-corrected chi connectivity index (χ3v) is 4.06. The minimum absolute atomic E-state index is 0. The van der Waals surface area contributed by atoms with Crippen molar-refractivity contribution in [2.45, 2.75) is 13.0 Å². The van der Waals surface area contributed by atoms with Gasteiger partial charge in [-0.25, -0.2) is 4.57 Å². The molecule has 4 aromatic rings. The van der Waals surface area contributed by atoms with Gasteiger partial charge >= 0.3 is 0 Å². The van der Waals surface area contributed by atoms with Crippen LogP contribution in [-0.4, -0.2) is 4.98 Å². The van der Waals surface area contributed by atoms with E-state index in [1.54, 1.807) is 0 Å². The van der Waals surface area contributed by atoms with Gasteiger partial charge in [-0.2, -0.15) is 0 Å². The molecule has 4 rings (SSSR count). The van der Waals surface area contributed by atoms with E-state index in [1.165, 1.54) is 27.2 Å². The summed E-state index contributed by atoms with van der Waals surface area (Å²) in [6, 6.07) is 19.2. The van der Waals surface area contributed by atoms with Gasteiger partial charge in [-0.05, 0) is 23.1 Å². The molecule has 3 heteroatoms. The van der Waals surface area contributed by atoms with Crippen molar-refractivity contribution in [3.63, 3.8) is 0 Å². The number of rotatable bonds is 3. The van der Waals surface area contributed by atoms with Crippen LogP contribution in [0.5, 0.6) is 0 Å². The average Bonchev–Trinajstić information content (AvgIpc) is 2.96. The fourth-order valence-corrected chi connectivity index (χ4v) is 2.91. The Kier molecular flexibility index (Phi) is 4.43. The fourth-order valence-electron chi connectivity index (χ4n) is 2.91. The van der Waals surface area contributed by atoms with E-state index >= 15 is 0 Å². The molecule has 0 fully saturated rings. The molecule has 22 heavy (non-hydrogen) atoms. The van der Waals surface area contributed by atoms with E-state index < -0.39 is 0 Å². The first-order chi connectivity index (χ1) is 10.4. The molecule has 0 aliphatic carbocycles. The van der Waals surface area contributed by atoms with Gasteiger partial charge in [0.15, 0.2) is 18.9 Å². The van der Waals surface area contributed by atoms with Crippen LogP contribution in [0.25, 0.3) is 21.7 Å². The standard InChI is InChI=1S/C19H17N2.HI/c1-2-6-17-14-21(11-9-15(17)5-1)12-10-16-13-20-19-8-4-3-7-18(16)19;/h1-9,11,13-14,20H,10,12H2;1H/q+1;/p-1. The van der Waals surface area contributed by atoms with Crippen molar-refractivity contribution in [1.29, 1.82) is 0 Å². The Morgan fingerprint density at radius 1 is 0.864 bits per heavy atom. The van der Waals surface area contributed by atoms with Gasteiger partial charge in [-0.3, -0.25) is 0 Å². The monoisotopic (exact) mass is 400 g/mol. The first-order valence-corrected chi connectivity index (χ1v) is 7.33. The molecule has 0 saturated carbocycles. The lowest BCUT2D eigenvalue weighted by Crippen LogP contribution is -3.00. The predicted molar refractivity (Wildman–Crippen MR) is 86.1 cm³/mol. The van der Waals surface area contributed by atoms with Gasteiger partial charge in [-0.1, -0.05) is 36.4 Å². The summed E-state index contributed by atoms with van der Waals surface area (Å²) in [5, 5.41) is 3.92. The summed E-state index contributed by atoms with van der Waals surface area (Å²) < 4.78 is 2.27. The molecule has 0 radical (unpaired) electrons. The Bertz CT molecular complexity index is 911. The number of aryl methyl sites for hydroxylation is 2. The van der Waals surface area contributed by atoms with Crippen LogP contribution in [0.4, 0.5) is 0 Å². The molecule has 0 atom stereocenters. The summed E-state index contributed by atoms with van der Waals surface area (Å²) >= 11 is 0. The maximum absolute atomic E-state index is 3.34. The molecule has 110 valence electrons. The third-order valence-electron chi connectivity index (χ3n) is 4.06. The Morgan fingerprint density at radius 2 is 1.64 bits per heavy atom. The number of para-hydroxylation sites is 1. The number of hydrogen-bond acceptors (Lipinski definition) is 0. The van der Waals surface area contributed by atoms with Gasteiger partial charge in [0.05, 0.1) is 0 Å². The summed E-state index contributed by atoms with van der Waals surface area (Å²) in [6.45, 7) is 0.993. The largest absolute Gasteiger partial charge is 1.00 e. The maximum Gasteiger partial charge on any atom is 0.176 e. The molecule has 2 heterocycles. The number of nitrogens with zero attached hydrogens (tertiary/aromatic N) is 1. The van der Waals surface area contributed by atoms with Crippen LogP contribution in [0.1, 0.15) is 5.56 Å². The number of pyridine rings is 1. The number of nitrogens with one attached hydrogen (secondary N) is 1. The molecule has 0 aliphatic rings. The maximum atomic E-state index is 3.34. The summed E-state index contributed by atoms with van der Waals surface area (Å²) in [5.74, 6) is 0. The second kappa shape index (κ2) is 6.48. The zero-order valence-corrected chi connectivity index (χ0v) is 14.3. The molecule has 0 unspecified atom stereocenters. The average molecular weight is 400 g/mol. The molecule has 0 amide bonds. The summed E-state index contributed by atoms with van der Waals surface area (Å²) in [5.41, 5.74) is 2.60. The number of benzene rings is 2. The van der Waals surface area contributed by atoms with Crippen LogP contribution in [0.2, 0.25) is 0 Å². The van der Waals surface area contributed by atoms with Crippen molar-refractivity contribution in [2.24, 2.45) is 0 Å². The minimum Gasteiger partial charge on any atom is -1.00 e. The smallest absolute Gasteiger partial charge is 0.176 e. The van der Waals surface area contributed by atoms with Gasteiger partial charge in [-0.15, -0.1) is 0 Å². The number of aromatic nitrogens is 2. The van der Waals surface area contributed by atoms with Gasteiger partial charge in [0.25, 0.3) is 0 Å². The summed E-state index contributed by atoms with van der Waals surface area (Å²) in [4.78, 5) is 3.34. The third kappa shape index (κ3) is 2.86. The molecule has 2 aromatic carbocycles. The van der Waals surface area contributed by atoms with Gasteiger partial charge < -0.3 is 29.0 Å². The van der Waals surface area contributed by atoms with E-state index in [1.807, 2.05) is 0 Å². The zero-order chi connectivity index (χ0) is 14.1. The number of fused-ring (bicyclic) bond motifs is 2. The summed E-state index contributed by atoms with van der Waals surface area (Å²) in [7, 11) is 0. The van der Waals surface area contributed by atoms with Crippen LogP contribution >= 0.6 is 0 Å². The zero-order valence-electron chi connectivity index (χ0n) is 12.2. The van der Waals surface area contributed by atoms with Crippen molar-refractivity contribution in [3.8, 4) is 0 Å². The van der Waals surface area contributed by atoms with Crippen molar-refractivity contribution in [1.82, 2.24) is 4.98 Å². The first-order valence-electron chi connectivity index (χ1n) is 7.33. The fraction of sp³-hybridized carbons (Fsp3) is 0.105. The van der Waals surface area contributed by atoms with Crippen molar-refractivity contribution < 1.29 is 28.5 Å². The predicted octanol–water partition coefficient (Wildman–Crippen LogP) is 0.855. The number of halogens is 1. The molecule has 0 bridgehead atoms. The quantitative estimate of drug-likeness (QED) is 0.389. The minimum atomic E-state index is 0. The lowest BCUT2D eigenvalue weighted by Gasteiger charge is -1.99. The molecular weight excluding hydrogens is 383 g/mol. The van der Waals surface area contributed by atoms with E-state index in [0.29, 0.717) is 0 Å². The number of aromatic amines is 1. The highest BCUT2D eigenvalue weighted by Crippen LogP contribution is 2.18. The van der Waals surface area contributed by atoms with Crippen LogP contribution in [0, 0.1) is 0 Å². The van der Waals surface area contributed by atoms with Crippen LogP contribution in [0.15, 0.2) is 73.2 Å². The highest BCUT2D eigenvalue weighted by atomic mass is 127. The molecule has 0 saturated heterocycles. The molecule has 2 nitrogen and oxygen atoms in total. The SMILES string of the molecule is [I-].c1ccc2c[n+](CCc3c[nH]c4ccccc34)ccc2c1. The van der Waals surface area contributed by atoms with Crippen molar-refractivity contribution >= 4 is 21.7 Å². The van der Waals surface area contributed by atoms with Gasteiger partial charge in [0, 0.05) is 35.0 Å². The Balaban J connectivity index is 0.00000144. The second-order valence-corrected chi connectivity index (χ2v) is 5.42. The highest BCUT2D eigenvalue weighted by Gasteiger charge is 2.07. The first kappa shape index (κ1) is 15.0. The van der Waals surface area contributed by atoms with Crippen LogP contribution in [0.3, 0.4) is 0 Å². The van der Waals surface area contributed by atoms with Crippen LogP contribution in [-0.2, 0) is 13.0 Å². The van der Waals surface area contributed by atoms with Crippen molar-refractivity contribution in [2.75, 3.05) is 0 Å². The summed E-state index contributed by atoms with van der Waals surface area (Å²) in [6.07, 6.45) is 7.56. The van der Waals surface area contributed by atoms with Gasteiger partial charge in [0.2, 0.25) is 0 Å². The normalized spacial score (nSPS) is 10.7. The van der Waals surface area contributed by atoms with E-state index in [2.05, 4.69) is 82.7 Å². The van der Waals surface area contributed by atoms with Crippen molar-refractivity contribution in [3.05, 3.63) is 78.8 Å². The highest BCUT2D eigenvalue weighted by molar-refractivity contribution is 5.83. The lowest BCUT2D eigenvalue weighted by atomic mass is 10.1. The van der Waals surface area contributed by atoms with Crippen LogP contribution < -0.4 is 28.5 Å². The Morgan fingerprint density at radius 3 is 2.55 bits per heavy atom. The Hall–Kier alpha value is -1.88. The van der Waals surface area contributed by atoms with E-state index in [-0.39, 0.29) is 24.0 Å². The second-order valence-electron chi connectivity index (χ2n) is 5.42. The molecule has 1 N–H and O–H groups in total. The van der Waals surface area contributed by atoms with E-state index in [9.17, 15) is 0 Å². The molecule has 2 aromatic heterocycles. The van der Waals surface area contributed by atoms with E-state index in [0.717, 1.165) is 13.0 Å². The van der Waals surface area contributed by atoms with E-state index in [4.69, 9.17) is 0 Å². The van der Waals surface area contributed by atoms with Gasteiger partial charge in [0.1, 0.15) is 0 Å². The Labute approximate surface area is 146 Å². The topological polar surface area (TPSA) is 19.7 Å².